The molecule has 0 bridgehead atoms. The number of benzene rings is 1. The van der Waals surface area contributed by atoms with Gasteiger partial charge in [0.25, 0.3) is 0 Å². The molecular formula is C15H21BrO2. The molecule has 0 amide bonds. The third-order valence-electron chi connectivity index (χ3n) is 3.09. The van der Waals surface area contributed by atoms with Crippen LogP contribution in [0, 0.1) is 0 Å². The normalized spacial score (nSPS) is 12.7. The van der Waals surface area contributed by atoms with Gasteiger partial charge < -0.3 is 9.47 Å². The van der Waals surface area contributed by atoms with E-state index in [4.69, 9.17) is 9.47 Å². The Labute approximate surface area is 118 Å². The summed E-state index contributed by atoms with van der Waals surface area (Å²) in [5.74, 6) is 2.04. The molecule has 0 saturated carbocycles. The smallest absolute Gasteiger partial charge is 0.161 e. The van der Waals surface area contributed by atoms with Crippen LogP contribution in [-0.4, -0.2) is 14.2 Å². The predicted octanol–water partition coefficient (Wildman–Crippen LogP) is 4.93. The summed E-state index contributed by atoms with van der Waals surface area (Å²) >= 11 is 3.62. The first-order valence-corrected chi connectivity index (χ1v) is 6.99. The largest absolute Gasteiger partial charge is 0.493 e. The molecule has 0 aliphatic rings. The van der Waals surface area contributed by atoms with Gasteiger partial charge in [0, 0.05) is 4.47 Å². The summed E-state index contributed by atoms with van der Waals surface area (Å²) < 4.78 is 11.7. The summed E-state index contributed by atoms with van der Waals surface area (Å²) in [4.78, 5) is 0. The second kappa shape index (κ2) is 7.47. The third kappa shape index (κ3) is 3.52. The van der Waals surface area contributed by atoms with E-state index in [1.165, 1.54) is 5.56 Å². The molecule has 1 aromatic rings. The second-order valence-electron chi connectivity index (χ2n) is 4.14. The molecule has 0 N–H and O–H groups in total. The van der Waals surface area contributed by atoms with Crippen LogP contribution in [0.5, 0.6) is 11.5 Å². The van der Waals surface area contributed by atoms with Crippen LogP contribution in [0.4, 0.5) is 0 Å². The Morgan fingerprint density at radius 1 is 1.22 bits per heavy atom. The summed E-state index contributed by atoms with van der Waals surface area (Å²) in [7, 11) is 3.32. The molecule has 0 fully saturated rings. The lowest BCUT2D eigenvalue weighted by Gasteiger charge is -2.18. The number of allylic oxidation sites excluding steroid dienone is 2. The molecule has 0 heterocycles. The summed E-state index contributed by atoms with van der Waals surface area (Å²) in [6.45, 7) is 4.26. The lowest BCUT2D eigenvalue weighted by atomic mass is 9.92. The SMILES string of the molecule is C/C=C\CC(CC)c1cc(OC)c(OC)cc1Br. The lowest BCUT2D eigenvalue weighted by Crippen LogP contribution is -2.00. The zero-order valence-electron chi connectivity index (χ0n) is 11.5. The van der Waals surface area contributed by atoms with Crippen molar-refractivity contribution in [2.75, 3.05) is 14.2 Å². The topological polar surface area (TPSA) is 18.5 Å². The minimum absolute atomic E-state index is 0.496. The van der Waals surface area contributed by atoms with E-state index in [-0.39, 0.29) is 0 Å². The summed E-state index contributed by atoms with van der Waals surface area (Å²) in [6.07, 6.45) is 6.44. The Balaban J connectivity index is 3.13. The van der Waals surface area contributed by atoms with Gasteiger partial charge in [0.1, 0.15) is 0 Å². The molecule has 0 spiro atoms. The molecule has 1 atom stereocenters. The quantitative estimate of drug-likeness (QED) is 0.694. The standard InChI is InChI=1S/C15H21BrO2/c1-5-7-8-11(6-2)12-9-14(17-3)15(18-4)10-13(12)16/h5,7,9-11H,6,8H2,1-4H3/b7-5-. The molecule has 1 rings (SSSR count). The summed E-state index contributed by atoms with van der Waals surface area (Å²) in [5, 5.41) is 0. The fourth-order valence-electron chi connectivity index (χ4n) is 2.00. The van der Waals surface area contributed by atoms with Crippen molar-refractivity contribution in [2.24, 2.45) is 0 Å². The monoisotopic (exact) mass is 312 g/mol. The van der Waals surface area contributed by atoms with E-state index < -0.39 is 0 Å². The molecule has 100 valence electrons. The minimum Gasteiger partial charge on any atom is -0.493 e. The van der Waals surface area contributed by atoms with Crippen LogP contribution >= 0.6 is 15.9 Å². The van der Waals surface area contributed by atoms with E-state index in [1.807, 2.05) is 6.07 Å². The van der Waals surface area contributed by atoms with Gasteiger partial charge in [0.2, 0.25) is 0 Å². The van der Waals surface area contributed by atoms with Gasteiger partial charge in [-0.2, -0.15) is 0 Å². The van der Waals surface area contributed by atoms with Gasteiger partial charge >= 0.3 is 0 Å². The highest BCUT2D eigenvalue weighted by molar-refractivity contribution is 9.10. The highest BCUT2D eigenvalue weighted by Gasteiger charge is 2.15. The van der Waals surface area contributed by atoms with Crippen molar-refractivity contribution in [2.45, 2.75) is 32.6 Å². The number of methoxy groups -OCH3 is 2. The maximum absolute atomic E-state index is 5.37. The van der Waals surface area contributed by atoms with Crippen LogP contribution < -0.4 is 9.47 Å². The Morgan fingerprint density at radius 2 is 1.83 bits per heavy atom. The van der Waals surface area contributed by atoms with Crippen LogP contribution in [0.25, 0.3) is 0 Å². The molecule has 0 radical (unpaired) electrons. The van der Waals surface area contributed by atoms with E-state index in [0.717, 1.165) is 28.8 Å². The number of hydrogen-bond donors (Lipinski definition) is 0. The molecule has 0 aliphatic carbocycles. The van der Waals surface area contributed by atoms with E-state index in [0.29, 0.717) is 5.92 Å². The van der Waals surface area contributed by atoms with Gasteiger partial charge in [0.05, 0.1) is 14.2 Å². The van der Waals surface area contributed by atoms with E-state index in [2.05, 4.69) is 48.0 Å². The maximum Gasteiger partial charge on any atom is 0.161 e. The first kappa shape index (κ1) is 15.1. The predicted molar refractivity (Wildman–Crippen MR) is 79.7 cm³/mol. The van der Waals surface area contributed by atoms with Crippen LogP contribution in [0.15, 0.2) is 28.8 Å². The molecule has 2 nitrogen and oxygen atoms in total. The van der Waals surface area contributed by atoms with Crippen LogP contribution in [0.3, 0.4) is 0 Å². The first-order valence-electron chi connectivity index (χ1n) is 6.20. The third-order valence-corrected chi connectivity index (χ3v) is 3.78. The lowest BCUT2D eigenvalue weighted by molar-refractivity contribution is 0.354. The Kier molecular flexibility index (Phi) is 6.27. The molecule has 1 unspecified atom stereocenters. The molecule has 18 heavy (non-hydrogen) atoms. The first-order chi connectivity index (χ1) is 8.67. The number of hydrogen-bond acceptors (Lipinski definition) is 2. The van der Waals surface area contributed by atoms with Crippen molar-refractivity contribution in [3.63, 3.8) is 0 Å². The molecule has 1 aromatic carbocycles. The fourth-order valence-corrected chi connectivity index (χ4v) is 2.64. The van der Waals surface area contributed by atoms with Gasteiger partial charge in [0.15, 0.2) is 11.5 Å². The fraction of sp³-hybridized carbons (Fsp3) is 0.467. The van der Waals surface area contributed by atoms with Crippen molar-refractivity contribution >= 4 is 15.9 Å². The maximum atomic E-state index is 5.37. The van der Waals surface area contributed by atoms with Gasteiger partial charge in [-0.05, 0) is 43.4 Å². The molecular weight excluding hydrogens is 292 g/mol. The van der Waals surface area contributed by atoms with Gasteiger partial charge in [-0.1, -0.05) is 35.0 Å². The van der Waals surface area contributed by atoms with E-state index in [1.54, 1.807) is 14.2 Å². The van der Waals surface area contributed by atoms with E-state index >= 15 is 0 Å². The van der Waals surface area contributed by atoms with E-state index in [9.17, 15) is 0 Å². The van der Waals surface area contributed by atoms with Gasteiger partial charge in [-0.25, -0.2) is 0 Å². The van der Waals surface area contributed by atoms with Crippen molar-refractivity contribution in [1.82, 2.24) is 0 Å². The van der Waals surface area contributed by atoms with Crippen molar-refractivity contribution in [3.8, 4) is 11.5 Å². The highest BCUT2D eigenvalue weighted by atomic mass is 79.9. The molecule has 3 heteroatoms. The van der Waals surface area contributed by atoms with Crippen molar-refractivity contribution < 1.29 is 9.47 Å². The zero-order valence-corrected chi connectivity index (χ0v) is 13.1. The Hall–Kier alpha value is -0.960. The molecule has 0 aromatic heterocycles. The zero-order chi connectivity index (χ0) is 13.5. The molecule has 0 aliphatic heterocycles. The number of halogens is 1. The minimum atomic E-state index is 0.496. The van der Waals surface area contributed by atoms with Crippen molar-refractivity contribution in [1.29, 1.82) is 0 Å². The number of rotatable bonds is 6. The highest BCUT2D eigenvalue weighted by Crippen LogP contribution is 2.38. The van der Waals surface area contributed by atoms with Crippen LogP contribution in [0.1, 0.15) is 38.2 Å². The summed E-state index contributed by atoms with van der Waals surface area (Å²) in [6, 6.07) is 4.05. The Bertz CT molecular complexity index is 413. The van der Waals surface area contributed by atoms with Gasteiger partial charge in [-0.3, -0.25) is 0 Å². The molecule has 0 saturated heterocycles. The van der Waals surface area contributed by atoms with Crippen molar-refractivity contribution in [3.05, 3.63) is 34.3 Å². The van der Waals surface area contributed by atoms with Crippen LogP contribution in [0.2, 0.25) is 0 Å². The average molecular weight is 313 g/mol. The summed E-state index contributed by atoms with van der Waals surface area (Å²) in [5.41, 5.74) is 1.27. The van der Waals surface area contributed by atoms with Gasteiger partial charge in [-0.15, -0.1) is 0 Å². The van der Waals surface area contributed by atoms with Crippen LogP contribution in [-0.2, 0) is 0 Å². The Morgan fingerprint density at radius 3 is 2.33 bits per heavy atom. The average Bonchev–Trinajstić information content (AvgIpc) is 2.40. The number of ether oxygens (including phenoxy) is 2. The second-order valence-corrected chi connectivity index (χ2v) is 4.99.